The SMILES string of the molecule is CCN(CC)C(C)(CC)C(N)Cc1ccc(F)c(F)c1. The van der Waals surface area contributed by atoms with Gasteiger partial charge in [-0.2, -0.15) is 0 Å². The molecule has 2 N–H and O–H groups in total. The first kappa shape index (κ1) is 17.1. The molecular formula is C16H26F2N2. The highest BCUT2D eigenvalue weighted by Gasteiger charge is 2.34. The molecule has 0 bridgehead atoms. The Morgan fingerprint density at radius 2 is 1.75 bits per heavy atom. The number of rotatable bonds is 7. The standard InChI is InChI=1S/C16H26F2N2/c1-5-16(4,20(6-2)7-3)15(19)11-12-8-9-13(17)14(18)10-12/h8-10,15H,5-7,11,19H2,1-4H3. The van der Waals surface area contributed by atoms with Crippen LogP contribution in [0, 0.1) is 11.6 Å². The van der Waals surface area contributed by atoms with Crippen molar-refractivity contribution in [2.45, 2.75) is 52.1 Å². The molecule has 0 aliphatic heterocycles. The Morgan fingerprint density at radius 1 is 1.15 bits per heavy atom. The molecule has 4 heteroatoms. The molecule has 0 amide bonds. The fourth-order valence-electron chi connectivity index (χ4n) is 2.81. The highest BCUT2D eigenvalue weighted by atomic mass is 19.2. The monoisotopic (exact) mass is 284 g/mol. The molecule has 0 aliphatic carbocycles. The molecule has 0 aromatic heterocycles. The van der Waals surface area contributed by atoms with Gasteiger partial charge < -0.3 is 5.73 Å². The average Bonchev–Trinajstić information content (AvgIpc) is 2.43. The van der Waals surface area contributed by atoms with Crippen LogP contribution in [0.25, 0.3) is 0 Å². The van der Waals surface area contributed by atoms with Gasteiger partial charge in [-0.15, -0.1) is 0 Å². The maximum atomic E-state index is 13.3. The third-order valence-corrected chi connectivity index (χ3v) is 4.44. The largest absolute Gasteiger partial charge is 0.326 e. The maximum Gasteiger partial charge on any atom is 0.159 e. The van der Waals surface area contributed by atoms with Gasteiger partial charge in [0.15, 0.2) is 11.6 Å². The zero-order valence-corrected chi connectivity index (χ0v) is 12.9. The Morgan fingerprint density at radius 3 is 2.20 bits per heavy atom. The molecule has 2 nitrogen and oxygen atoms in total. The van der Waals surface area contributed by atoms with Gasteiger partial charge in [-0.05, 0) is 50.6 Å². The summed E-state index contributed by atoms with van der Waals surface area (Å²) in [5.74, 6) is -1.62. The second-order valence-corrected chi connectivity index (χ2v) is 5.44. The molecule has 1 rings (SSSR count). The number of nitrogens with two attached hydrogens (primary N) is 1. The van der Waals surface area contributed by atoms with E-state index in [0.29, 0.717) is 6.42 Å². The van der Waals surface area contributed by atoms with Gasteiger partial charge in [0.1, 0.15) is 0 Å². The summed E-state index contributed by atoms with van der Waals surface area (Å²) < 4.78 is 26.2. The van der Waals surface area contributed by atoms with Crippen molar-refractivity contribution in [3.05, 3.63) is 35.4 Å². The van der Waals surface area contributed by atoms with Crippen LogP contribution in [0.5, 0.6) is 0 Å². The zero-order valence-electron chi connectivity index (χ0n) is 12.9. The minimum atomic E-state index is -0.815. The summed E-state index contributed by atoms with van der Waals surface area (Å²) in [4.78, 5) is 2.33. The molecule has 0 spiro atoms. The van der Waals surface area contributed by atoms with Gasteiger partial charge in [-0.1, -0.05) is 26.8 Å². The Balaban J connectivity index is 2.91. The van der Waals surface area contributed by atoms with E-state index < -0.39 is 11.6 Å². The van der Waals surface area contributed by atoms with E-state index in [0.717, 1.165) is 31.1 Å². The molecule has 114 valence electrons. The normalized spacial score (nSPS) is 16.2. The van der Waals surface area contributed by atoms with Crippen LogP contribution in [0.15, 0.2) is 18.2 Å². The second kappa shape index (κ2) is 7.14. The lowest BCUT2D eigenvalue weighted by Crippen LogP contribution is -2.58. The molecule has 0 heterocycles. The molecule has 2 atom stereocenters. The van der Waals surface area contributed by atoms with Gasteiger partial charge in [0, 0.05) is 11.6 Å². The van der Waals surface area contributed by atoms with E-state index in [4.69, 9.17) is 5.73 Å². The summed E-state index contributed by atoms with van der Waals surface area (Å²) >= 11 is 0. The lowest BCUT2D eigenvalue weighted by atomic mass is 9.84. The van der Waals surface area contributed by atoms with Gasteiger partial charge in [0.25, 0.3) is 0 Å². The molecular weight excluding hydrogens is 258 g/mol. The minimum absolute atomic E-state index is 0.128. The quantitative estimate of drug-likeness (QED) is 0.832. The topological polar surface area (TPSA) is 29.3 Å². The van der Waals surface area contributed by atoms with Crippen LogP contribution < -0.4 is 5.73 Å². The number of halogens is 2. The van der Waals surface area contributed by atoms with Crippen molar-refractivity contribution in [3.8, 4) is 0 Å². The molecule has 0 radical (unpaired) electrons. The molecule has 1 aromatic rings. The smallest absolute Gasteiger partial charge is 0.159 e. The Hall–Kier alpha value is -1.00. The molecule has 0 saturated carbocycles. The second-order valence-electron chi connectivity index (χ2n) is 5.44. The van der Waals surface area contributed by atoms with Crippen molar-refractivity contribution in [3.63, 3.8) is 0 Å². The fraction of sp³-hybridized carbons (Fsp3) is 0.625. The first-order valence-electron chi connectivity index (χ1n) is 7.33. The summed E-state index contributed by atoms with van der Waals surface area (Å²) in [6, 6.07) is 3.89. The van der Waals surface area contributed by atoms with Gasteiger partial charge in [0.05, 0.1) is 0 Å². The highest BCUT2D eigenvalue weighted by molar-refractivity contribution is 5.20. The van der Waals surface area contributed by atoms with Gasteiger partial charge >= 0.3 is 0 Å². The van der Waals surface area contributed by atoms with E-state index in [1.54, 1.807) is 6.07 Å². The molecule has 0 saturated heterocycles. The maximum absolute atomic E-state index is 13.3. The van der Waals surface area contributed by atoms with Crippen LogP contribution in [0.3, 0.4) is 0 Å². The summed E-state index contributed by atoms with van der Waals surface area (Å²) in [6.07, 6.45) is 1.46. The number of likely N-dealkylation sites (N-methyl/N-ethyl adjacent to an activating group) is 1. The van der Waals surface area contributed by atoms with Gasteiger partial charge in [-0.3, -0.25) is 4.90 Å². The van der Waals surface area contributed by atoms with Gasteiger partial charge in [-0.25, -0.2) is 8.78 Å². The predicted molar refractivity (Wildman–Crippen MR) is 79.7 cm³/mol. The first-order chi connectivity index (χ1) is 9.38. The summed E-state index contributed by atoms with van der Waals surface area (Å²) in [7, 11) is 0. The zero-order chi connectivity index (χ0) is 15.3. The van der Waals surface area contributed by atoms with Gasteiger partial charge in [0.2, 0.25) is 0 Å². The van der Waals surface area contributed by atoms with E-state index in [1.165, 1.54) is 6.07 Å². The molecule has 0 aliphatic rings. The van der Waals surface area contributed by atoms with Crippen LogP contribution in [-0.4, -0.2) is 29.6 Å². The van der Waals surface area contributed by atoms with Crippen LogP contribution in [-0.2, 0) is 6.42 Å². The molecule has 1 aromatic carbocycles. The predicted octanol–water partition coefficient (Wildman–Crippen LogP) is 3.35. The van der Waals surface area contributed by atoms with Crippen LogP contribution in [0.4, 0.5) is 8.78 Å². The lowest BCUT2D eigenvalue weighted by Gasteiger charge is -2.44. The third kappa shape index (κ3) is 3.55. The Labute approximate surface area is 121 Å². The van der Waals surface area contributed by atoms with Crippen LogP contribution >= 0.6 is 0 Å². The van der Waals surface area contributed by atoms with Crippen molar-refractivity contribution < 1.29 is 8.78 Å². The van der Waals surface area contributed by atoms with Crippen molar-refractivity contribution in [2.75, 3.05) is 13.1 Å². The minimum Gasteiger partial charge on any atom is -0.326 e. The van der Waals surface area contributed by atoms with Crippen molar-refractivity contribution >= 4 is 0 Å². The average molecular weight is 284 g/mol. The van der Waals surface area contributed by atoms with Crippen LogP contribution in [0.1, 0.15) is 39.7 Å². The first-order valence-corrected chi connectivity index (χ1v) is 7.33. The van der Waals surface area contributed by atoms with E-state index >= 15 is 0 Å². The van der Waals surface area contributed by atoms with E-state index in [9.17, 15) is 8.78 Å². The van der Waals surface area contributed by atoms with Crippen molar-refractivity contribution in [2.24, 2.45) is 5.73 Å². The Bertz CT molecular complexity index is 432. The van der Waals surface area contributed by atoms with E-state index in [-0.39, 0.29) is 11.6 Å². The number of benzene rings is 1. The van der Waals surface area contributed by atoms with Crippen molar-refractivity contribution in [1.29, 1.82) is 0 Å². The summed E-state index contributed by atoms with van der Waals surface area (Å²) in [5, 5.41) is 0. The Kier molecular flexibility index (Phi) is 6.08. The summed E-state index contributed by atoms with van der Waals surface area (Å²) in [6.45, 7) is 10.3. The van der Waals surface area contributed by atoms with E-state index in [1.807, 2.05) is 0 Å². The van der Waals surface area contributed by atoms with Crippen molar-refractivity contribution in [1.82, 2.24) is 4.90 Å². The number of hydrogen-bond donors (Lipinski definition) is 1. The molecule has 0 fully saturated rings. The fourth-order valence-corrected chi connectivity index (χ4v) is 2.81. The van der Waals surface area contributed by atoms with E-state index in [2.05, 4.69) is 32.6 Å². The van der Waals surface area contributed by atoms with Crippen LogP contribution in [0.2, 0.25) is 0 Å². The number of nitrogens with zero attached hydrogens (tertiary/aromatic N) is 1. The highest BCUT2D eigenvalue weighted by Crippen LogP contribution is 2.25. The molecule has 2 unspecified atom stereocenters. The third-order valence-electron chi connectivity index (χ3n) is 4.44. The number of hydrogen-bond acceptors (Lipinski definition) is 2. The summed E-state index contributed by atoms with van der Waals surface area (Å²) in [5.41, 5.74) is 6.97. The molecule has 20 heavy (non-hydrogen) atoms. The lowest BCUT2D eigenvalue weighted by molar-refractivity contribution is 0.0845.